The number of aryl methyl sites for hydroxylation is 2. The van der Waals surface area contributed by atoms with Crippen molar-refractivity contribution in [2.45, 2.75) is 64.8 Å². The van der Waals surface area contributed by atoms with Gasteiger partial charge in [0, 0.05) is 51.4 Å². The van der Waals surface area contributed by atoms with Crippen LogP contribution in [0.2, 0.25) is 0 Å². The van der Waals surface area contributed by atoms with Gasteiger partial charge in [0.1, 0.15) is 13.0 Å². The Hall–Kier alpha value is -2.42. The van der Waals surface area contributed by atoms with Crippen LogP contribution in [-0.2, 0) is 11.4 Å². The number of benzene rings is 1. The summed E-state index contributed by atoms with van der Waals surface area (Å²) in [7, 11) is 1.74. The number of alkyl halides is 1. The number of nitrogens with zero attached hydrogens (tertiary/aromatic N) is 5. The van der Waals surface area contributed by atoms with Gasteiger partial charge in [-0.2, -0.15) is 0 Å². The number of piperazine rings is 1. The van der Waals surface area contributed by atoms with Gasteiger partial charge in [0.2, 0.25) is 0 Å². The summed E-state index contributed by atoms with van der Waals surface area (Å²) in [6, 6.07) is 8.31. The maximum absolute atomic E-state index is 13.2. The zero-order chi connectivity index (χ0) is 25.9. The fourth-order valence-electron chi connectivity index (χ4n) is 5.86. The van der Waals surface area contributed by atoms with E-state index in [0.29, 0.717) is 23.8 Å². The van der Waals surface area contributed by atoms with Crippen LogP contribution in [0.15, 0.2) is 30.6 Å². The molecule has 0 saturated carbocycles. The molecule has 8 heteroatoms. The van der Waals surface area contributed by atoms with Crippen molar-refractivity contribution in [1.82, 2.24) is 24.7 Å². The van der Waals surface area contributed by atoms with Crippen LogP contribution in [0.25, 0.3) is 0 Å². The maximum Gasteiger partial charge on any atom is 0.257 e. The lowest BCUT2D eigenvalue weighted by atomic mass is 9.86. The minimum Gasteiger partial charge on any atom is -0.383 e. The fourth-order valence-corrected chi connectivity index (χ4v) is 5.86. The van der Waals surface area contributed by atoms with E-state index in [1.54, 1.807) is 7.11 Å². The van der Waals surface area contributed by atoms with Gasteiger partial charge in [-0.1, -0.05) is 24.3 Å². The molecule has 2 atom stereocenters. The number of carbonyl (C=O) groups is 1. The third-order valence-electron chi connectivity index (χ3n) is 8.25. The molecular formula is C28H40FN5O2. The molecule has 0 radical (unpaired) electrons. The van der Waals surface area contributed by atoms with E-state index in [-0.39, 0.29) is 17.5 Å². The zero-order valence-corrected chi connectivity index (χ0v) is 22.3. The van der Waals surface area contributed by atoms with E-state index >= 15 is 0 Å². The van der Waals surface area contributed by atoms with E-state index < -0.39 is 6.67 Å². The molecule has 0 N–H and O–H groups in total. The second-order valence-electron chi connectivity index (χ2n) is 10.6. The monoisotopic (exact) mass is 497 g/mol. The second kappa shape index (κ2) is 11.3. The molecule has 0 spiro atoms. The van der Waals surface area contributed by atoms with Gasteiger partial charge in [0.15, 0.2) is 0 Å². The Bertz CT molecular complexity index is 1020. The van der Waals surface area contributed by atoms with Crippen LogP contribution < -0.4 is 0 Å². The van der Waals surface area contributed by atoms with Crippen molar-refractivity contribution in [1.29, 1.82) is 0 Å². The maximum atomic E-state index is 13.2. The van der Waals surface area contributed by atoms with Crippen molar-refractivity contribution in [3.05, 3.63) is 58.7 Å². The third kappa shape index (κ3) is 5.45. The number of piperidine rings is 1. The van der Waals surface area contributed by atoms with E-state index in [0.717, 1.165) is 57.0 Å². The highest BCUT2D eigenvalue weighted by Gasteiger charge is 2.41. The molecule has 0 bridgehead atoms. The smallest absolute Gasteiger partial charge is 0.257 e. The molecule has 196 valence electrons. The first kappa shape index (κ1) is 26.6. The molecule has 2 aromatic rings. The van der Waals surface area contributed by atoms with Gasteiger partial charge in [0.25, 0.3) is 5.91 Å². The Morgan fingerprint density at radius 3 is 2.31 bits per heavy atom. The zero-order valence-electron chi connectivity index (χ0n) is 22.3. The third-order valence-corrected chi connectivity index (χ3v) is 8.25. The van der Waals surface area contributed by atoms with Gasteiger partial charge in [-0.3, -0.25) is 14.6 Å². The van der Waals surface area contributed by atoms with Crippen LogP contribution in [0.5, 0.6) is 0 Å². The van der Waals surface area contributed by atoms with Crippen molar-refractivity contribution in [2.24, 2.45) is 0 Å². The minimum absolute atomic E-state index is 0.0482. The molecule has 7 nitrogen and oxygen atoms in total. The predicted molar refractivity (Wildman–Crippen MR) is 139 cm³/mol. The fraction of sp³-hybridized carbons (Fsp3) is 0.607. The molecule has 4 rings (SSSR count). The first-order chi connectivity index (χ1) is 17.3. The van der Waals surface area contributed by atoms with Gasteiger partial charge in [-0.15, -0.1) is 0 Å². The number of ether oxygens (including phenoxy) is 1. The Labute approximate surface area is 214 Å². The van der Waals surface area contributed by atoms with Crippen molar-refractivity contribution >= 4 is 5.91 Å². The second-order valence-corrected chi connectivity index (χ2v) is 10.6. The molecular weight excluding hydrogens is 457 g/mol. The lowest BCUT2D eigenvalue weighted by Gasteiger charge is -2.52. The number of aromatic nitrogens is 2. The molecule has 1 amide bonds. The summed E-state index contributed by atoms with van der Waals surface area (Å²) >= 11 is 0. The topological polar surface area (TPSA) is 61.8 Å². The van der Waals surface area contributed by atoms with Crippen molar-refractivity contribution in [3.8, 4) is 0 Å². The normalized spacial score (nSPS) is 21.9. The van der Waals surface area contributed by atoms with Crippen LogP contribution in [-0.4, -0.2) is 88.6 Å². The van der Waals surface area contributed by atoms with Gasteiger partial charge >= 0.3 is 0 Å². The van der Waals surface area contributed by atoms with E-state index in [1.165, 1.54) is 11.9 Å². The van der Waals surface area contributed by atoms with Crippen LogP contribution >= 0.6 is 0 Å². The highest BCUT2D eigenvalue weighted by atomic mass is 19.1. The number of amides is 1. The largest absolute Gasteiger partial charge is 0.383 e. The van der Waals surface area contributed by atoms with Crippen molar-refractivity contribution in [2.75, 3.05) is 46.4 Å². The van der Waals surface area contributed by atoms with Gasteiger partial charge < -0.3 is 9.64 Å². The molecule has 1 aromatic carbocycles. The Morgan fingerprint density at radius 2 is 1.75 bits per heavy atom. The summed E-state index contributed by atoms with van der Waals surface area (Å²) in [4.78, 5) is 28.8. The van der Waals surface area contributed by atoms with E-state index in [4.69, 9.17) is 4.74 Å². The molecule has 36 heavy (non-hydrogen) atoms. The van der Waals surface area contributed by atoms with Gasteiger partial charge in [0.05, 0.1) is 29.6 Å². The first-order valence-electron chi connectivity index (χ1n) is 13.0. The molecule has 0 unspecified atom stereocenters. The number of methoxy groups -OCH3 is 1. The van der Waals surface area contributed by atoms with Gasteiger partial charge in [-0.25, -0.2) is 14.4 Å². The first-order valence-corrected chi connectivity index (χ1v) is 13.0. The summed E-state index contributed by atoms with van der Waals surface area (Å²) in [6.45, 7) is 12.9. The summed E-state index contributed by atoms with van der Waals surface area (Å²) in [5.74, 6) is 0.0482. The number of hydrogen-bond donors (Lipinski definition) is 0. The summed E-state index contributed by atoms with van der Waals surface area (Å²) in [6.07, 6.45) is 3.42. The highest BCUT2D eigenvalue weighted by Crippen LogP contribution is 2.34. The number of hydrogen-bond acceptors (Lipinski definition) is 6. The molecule has 3 heterocycles. The van der Waals surface area contributed by atoms with Crippen LogP contribution in [0.1, 0.15) is 65.6 Å². The van der Waals surface area contributed by atoms with E-state index in [9.17, 15) is 9.18 Å². The minimum atomic E-state index is -0.440. The highest BCUT2D eigenvalue weighted by molar-refractivity contribution is 5.96. The predicted octanol–water partition coefficient (Wildman–Crippen LogP) is 3.95. The number of rotatable bonds is 7. The molecule has 2 aliphatic rings. The van der Waals surface area contributed by atoms with Crippen LogP contribution in [0.3, 0.4) is 0 Å². The molecule has 2 fully saturated rings. The number of carbonyl (C=O) groups excluding carboxylic acids is 1. The average molecular weight is 498 g/mol. The molecule has 1 aromatic heterocycles. The van der Waals surface area contributed by atoms with Crippen molar-refractivity contribution < 1.29 is 13.9 Å². The summed E-state index contributed by atoms with van der Waals surface area (Å²) in [5, 5.41) is 0. The van der Waals surface area contributed by atoms with Gasteiger partial charge in [-0.05, 0) is 51.7 Å². The van der Waals surface area contributed by atoms with E-state index in [1.807, 2.05) is 43.0 Å². The van der Waals surface area contributed by atoms with Crippen LogP contribution in [0, 0.1) is 13.8 Å². The summed E-state index contributed by atoms with van der Waals surface area (Å²) < 4.78 is 18.6. The van der Waals surface area contributed by atoms with Crippen molar-refractivity contribution in [3.63, 3.8) is 0 Å². The lowest BCUT2D eigenvalue weighted by molar-refractivity contribution is -0.0406. The molecule has 2 saturated heterocycles. The van der Waals surface area contributed by atoms with Crippen LogP contribution in [0.4, 0.5) is 4.39 Å². The molecule has 2 aliphatic heterocycles. The quantitative estimate of drug-likeness (QED) is 0.577. The molecule has 0 aliphatic carbocycles. The SMILES string of the molecule is COC[C@@H](c1ccc(CF)cc1)N1CCN(C2(C)CCN(C(=O)c3c(C)ncnc3C)CC2)C[C@@H]1C. The Kier molecular flexibility index (Phi) is 8.37. The standard InChI is InChI=1S/C28H40FN5O2/c1-20-17-33(14-15-34(20)25(18-36-5)24-8-6-23(16-29)7-9-24)28(4)10-12-32(13-11-28)27(35)26-21(2)30-19-31-22(26)3/h6-9,19-20,25H,10-18H2,1-5H3/t20-,25-/m0/s1. The van der Waals surface area contributed by atoms with E-state index in [2.05, 4.69) is 33.6 Å². The summed E-state index contributed by atoms with van der Waals surface area (Å²) in [5.41, 5.74) is 4.07. The Balaban J connectivity index is 1.39. The number of likely N-dealkylation sites (tertiary alicyclic amines) is 1. The Morgan fingerprint density at radius 1 is 1.11 bits per heavy atom. The number of halogens is 1. The lowest BCUT2D eigenvalue weighted by Crippen LogP contribution is -2.62. The average Bonchev–Trinajstić information content (AvgIpc) is 2.88.